The fraction of sp³-hybridized carbons (Fsp3) is 0.273. The minimum atomic E-state index is -0.395. The Bertz CT molecular complexity index is 405. The molecule has 0 bridgehead atoms. The van der Waals surface area contributed by atoms with Crippen molar-refractivity contribution in [1.82, 2.24) is 10.2 Å². The van der Waals surface area contributed by atoms with Gasteiger partial charge in [-0.15, -0.1) is 0 Å². The smallest absolute Gasteiger partial charge is 0.330 e. The van der Waals surface area contributed by atoms with Crippen molar-refractivity contribution in [3.8, 4) is 0 Å². The van der Waals surface area contributed by atoms with Crippen LogP contribution < -0.4 is 10.6 Å². The Hall–Kier alpha value is -2.04. The van der Waals surface area contributed by atoms with Gasteiger partial charge in [0.2, 0.25) is 0 Å². The second kappa shape index (κ2) is 4.22. The monoisotopic (exact) mass is 219 g/mol. The summed E-state index contributed by atoms with van der Waals surface area (Å²) < 4.78 is 0. The first-order valence-electron chi connectivity index (χ1n) is 5.11. The fourth-order valence-corrected chi connectivity index (χ4v) is 1.58. The molecule has 5 nitrogen and oxygen atoms in total. The molecule has 5 heteroatoms. The molecule has 1 aromatic rings. The number of urea groups is 2. The van der Waals surface area contributed by atoms with Crippen LogP contribution in [0.1, 0.15) is 6.92 Å². The molecule has 1 atom stereocenters. The zero-order valence-corrected chi connectivity index (χ0v) is 8.93. The molecule has 1 heterocycles. The number of amides is 4. The average Bonchev–Trinajstić information content (AvgIpc) is 2.59. The van der Waals surface area contributed by atoms with E-state index < -0.39 is 6.03 Å². The van der Waals surface area contributed by atoms with E-state index in [2.05, 4.69) is 10.6 Å². The number of hydrogen-bond acceptors (Lipinski definition) is 2. The number of carbonyl (C=O) groups excluding carboxylic acids is 2. The molecule has 16 heavy (non-hydrogen) atoms. The third-order valence-electron chi connectivity index (χ3n) is 2.34. The molecule has 2 rings (SSSR count). The normalized spacial score (nSPS) is 19.4. The van der Waals surface area contributed by atoms with Crippen LogP contribution in [-0.2, 0) is 0 Å². The molecule has 0 aliphatic carbocycles. The second-order valence-electron chi connectivity index (χ2n) is 3.76. The van der Waals surface area contributed by atoms with Gasteiger partial charge in [-0.3, -0.25) is 0 Å². The number of anilines is 1. The highest BCUT2D eigenvalue weighted by Gasteiger charge is 2.30. The summed E-state index contributed by atoms with van der Waals surface area (Å²) in [5, 5.41) is 5.32. The number of rotatable bonds is 1. The minimum absolute atomic E-state index is 0.00835. The fourth-order valence-electron chi connectivity index (χ4n) is 1.58. The van der Waals surface area contributed by atoms with Gasteiger partial charge in [-0.1, -0.05) is 18.2 Å². The Labute approximate surface area is 93.4 Å². The van der Waals surface area contributed by atoms with E-state index in [1.165, 1.54) is 0 Å². The molecule has 1 fully saturated rings. The van der Waals surface area contributed by atoms with Crippen molar-refractivity contribution >= 4 is 17.7 Å². The van der Waals surface area contributed by atoms with E-state index in [0.29, 0.717) is 12.2 Å². The average molecular weight is 219 g/mol. The van der Waals surface area contributed by atoms with Gasteiger partial charge in [0.25, 0.3) is 0 Å². The van der Waals surface area contributed by atoms with Crippen molar-refractivity contribution in [3.63, 3.8) is 0 Å². The van der Waals surface area contributed by atoms with Gasteiger partial charge in [0.15, 0.2) is 0 Å². The van der Waals surface area contributed by atoms with Crippen LogP contribution >= 0.6 is 0 Å². The molecule has 1 aliphatic heterocycles. The number of para-hydroxylation sites is 1. The van der Waals surface area contributed by atoms with Gasteiger partial charge in [-0.25, -0.2) is 14.5 Å². The first kappa shape index (κ1) is 10.5. The summed E-state index contributed by atoms with van der Waals surface area (Å²) in [6, 6.07) is 8.32. The highest BCUT2D eigenvalue weighted by Crippen LogP contribution is 2.09. The lowest BCUT2D eigenvalue weighted by Gasteiger charge is -2.13. The maximum Gasteiger partial charge on any atom is 0.330 e. The van der Waals surface area contributed by atoms with Crippen molar-refractivity contribution in [1.29, 1.82) is 0 Å². The highest BCUT2D eigenvalue weighted by molar-refractivity contribution is 6.01. The van der Waals surface area contributed by atoms with E-state index in [1.54, 1.807) is 12.1 Å². The molecule has 1 aromatic carbocycles. The molecule has 1 saturated heterocycles. The first-order chi connectivity index (χ1) is 7.66. The quantitative estimate of drug-likeness (QED) is 0.754. The molecule has 0 saturated carbocycles. The first-order valence-corrected chi connectivity index (χ1v) is 5.11. The predicted molar refractivity (Wildman–Crippen MR) is 60.2 cm³/mol. The van der Waals surface area contributed by atoms with E-state index in [1.807, 2.05) is 25.1 Å². The summed E-state index contributed by atoms with van der Waals surface area (Å²) in [6.45, 7) is 2.26. The summed E-state index contributed by atoms with van der Waals surface area (Å²) >= 11 is 0. The van der Waals surface area contributed by atoms with Crippen LogP contribution in [-0.4, -0.2) is 29.5 Å². The van der Waals surface area contributed by atoms with Gasteiger partial charge in [0.05, 0.1) is 6.54 Å². The molecule has 1 aliphatic rings. The molecule has 0 aromatic heterocycles. The van der Waals surface area contributed by atoms with Crippen LogP contribution in [0.15, 0.2) is 30.3 Å². The molecule has 1 unspecified atom stereocenters. The SMILES string of the molecule is CC1CN(C(=O)Nc2ccccc2)C(=O)N1. The predicted octanol–water partition coefficient (Wildman–Crippen LogP) is 1.63. The third-order valence-corrected chi connectivity index (χ3v) is 2.34. The Morgan fingerprint density at radius 3 is 2.69 bits per heavy atom. The second-order valence-corrected chi connectivity index (χ2v) is 3.76. The zero-order chi connectivity index (χ0) is 11.5. The van der Waals surface area contributed by atoms with Crippen LogP contribution in [0.3, 0.4) is 0 Å². The minimum Gasteiger partial charge on any atom is -0.333 e. The topological polar surface area (TPSA) is 61.4 Å². The number of hydrogen-bond donors (Lipinski definition) is 2. The third kappa shape index (κ3) is 2.13. The number of imide groups is 1. The van der Waals surface area contributed by atoms with Crippen LogP contribution in [0.2, 0.25) is 0 Å². The molecular weight excluding hydrogens is 206 g/mol. The van der Waals surface area contributed by atoms with Gasteiger partial charge in [-0.05, 0) is 19.1 Å². The lowest BCUT2D eigenvalue weighted by atomic mass is 10.3. The summed E-state index contributed by atoms with van der Waals surface area (Å²) in [6.07, 6.45) is 0. The van der Waals surface area contributed by atoms with Crippen molar-refractivity contribution in [2.45, 2.75) is 13.0 Å². The van der Waals surface area contributed by atoms with E-state index in [-0.39, 0.29) is 12.1 Å². The zero-order valence-electron chi connectivity index (χ0n) is 8.93. The summed E-state index contributed by atoms with van der Waals surface area (Å²) in [5.74, 6) is 0. The van der Waals surface area contributed by atoms with Gasteiger partial charge < -0.3 is 10.6 Å². The van der Waals surface area contributed by atoms with Crippen LogP contribution in [0, 0.1) is 0 Å². The van der Waals surface area contributed by atoms with E-state index in [9.17, 15) is 9.59 Å². The maximum absolute atomic E-state index is 11.7. The number of nitrogens with one attached hydrogen (secondary N) is 2. The summed E-state index contributed by atoms with van der Waals surface area (Å²) in [7, 11) is 0. The molecule has 84 valence electrons. The van der Waals surface area contributed by atoms with Gasteiger partial charge in [0.1, 0.15) is 0 Å². The van der Waals surface area contributed by atoms with Crippen molar-refractivity contribution < 1.29 is 9.59 Å². The number of nitrogens with zero attached hydrogens (tertiary/aromatic N) is 1. The Morgan fingerprint density at radius 1 is 1.44 bits per heavy atom. The van der Waals surface area contributed by atoms with Crippen LogP contribution in [0.4, 0.5) is 15.3 Å². The Balaban J connectivity index is 2.01. The standard InChI is InChI=1S/C11H13N3O2/c1-8-7-14(10(15)12-8)11(16)13-9-5-3-2-4-6-9/h2-6,8H,7H2,1H3,(H,12,15)(H,13,16). The number of benzene rings is 1. The lowest BCUT2D eigenvalue weighted by molar-refractivity contribution is 0.207. The molecule has 0 radical (unpaired) electrons. The van der Waals surface area contributed by atoms with Gasteiger partial charge in [0, 0.05) is 11.7 Å². The summed E-state index contributed by atoms with van der Waals surface area (Å²) in [4.78, 5) is 24.3. The lowest BCUT2D eigenvalue weighted by Crippen LogP contribution is -2.37. The summed E-state index contributed by atoms with van der Waals surface area (Å²) in [5.41, 5.74) is 0.680. The van der Waals surface area contributed by atoms with E-state index in [0.717, 1.165) is 4.90 Å². The van der Waals surface area contributed by atoms with E-state index >= 15 is 0 Å². The number of carbonyl (C=O) groups is 2. The largest absolute Gasteiger partial charge is 0.333 e. The highest BCUT2D eigenvalue weighted by atomic mass is 16.2. The molecule has 0 spiro atoms. The van der Waals surface area contributed by atoms with E-state index in [4.69, 9.17) is 0 Å². The van der Waals surface area contributed by atoms with Crippen molar-refractivity contribution in [2.24, 2.45) is 0 Å². The maximum atomic E-state index is 11.7. The van der Waals surface area contributed by atoms with Crippen LogP contribution in [0.5, 0.6) is 0 Å². The Morgan fingerprint density at radius 2 is 2.12 bits per heavy atom. The van der Waals surface area contributed by atoms with Crippen molar-refractivity contribution in [3.05, 3.63) is 30.3 Å². The molecule has 4 amide bonds. The van der Waals surface area contributed by atoms with Gasteiger partial charge >= 0.3 is 12.1 Å². The Kier molecular flexibility index (Phi) is 2.76. The van der Waals surface area contributed by atoms with Crippen LogP contribution in [0.25, 0.3) is 0 Å². The molecular formula is C11H13N3O2. The van der Waals surface area contributed by atoms with Gasteiger partial charge in [-0.2, -0.15) is 0 Å². The molecule has 2 N–H and O–H groups in total. The van der Waals surface area contributed by atoms with Crippen molar-refractivity contribution in [2.75, 3.05) is 11.9 Å².